The zero-order chi connectivity index (χ0) is 19.1. The number of carbonyl (C=O) groups excluding carboxylic acids is 1. The van der Waals surface area contributed by atoms with Crippen molar-refractivity contribution in [1.82, 2.24) is 10.0 Å². The predicted octanol–water partition coefficient (Wildman–Crippen LogP) is 0.984. The van der Waals surface area contributed by atoms with E-state index in [0.717, 1.165) is 0 Å². The summed E-state index contributed by atoms with van der Waals surface area (Å²) in [5.74, 6) is -1.40. The Morgan fingerprint density at radius 2 is 1.96 bits per heavy atom. The van der Waals surface area contributed by atoms with Crippen LogP contribution in [0.15, 0.2) is 29.2 Å². The van der Waals surface area contributed by atoms with Crippen LogP contribution < -0.4 is 10.0 Å². The second-order valence-corrected chi connectivity index (χ2v) is 7.84. The molecule has 1 aromatic carbocycles. The Kier molecular flexibility index (Phi) is 7.53. The highest BCUT2D eigenvalue weighted by molar-refractivity contribution is 7.89. The van der Waals surface area contributed by atoms with E-state index in [-0.39, 0.29) is 23.3 Å². The van der Waals surface area contributed by atoms with E-state index in [9.17, 15) is 18.0 Å². The van der Waals surface area contributed by atoms with Gasteiger partial charge in [0.05, 0.1) is 11.5 Å². The van der Waals surface area contributed by atoms with Crippen LogP contribution in [0.2, 0.25) is 0 Å². The molecule has 0 aliphatic rings. The molecular formula is C16H24N2O6S. The fourth-order valence-corrected chi connectivity index (χ4v) is 3.55. The predicted molar refractivity (Wildman–Crippen MR) is 91.9 cm³/mol. The van der Waals surface area contributed by atoms with Crippen molar-refractivity contribution in [3.63, 3.8) is 0 Å². The van der Waals surface area contributed by atoms with Gasteiger partial charge in [0.1, 0.15) is 0 Å². The average molecular weight is 372 g/mol. The third-order valence-corrected chi connectivity index (χ3v) is 5.07. The van der Waals surface area contributed by atoms with Crippen molar-refractivity contribution in [2.24, 2.45) is 0 Å². The molecule has 0 unspecified atom stereocenters. The standard InChI is InChI=1S/C16H24N2O6S/c1-16(2,8-7-14(19)20)18-25(22,23)13-6-4-5-12(11-13)15(21)17-9-10-24-3/h4-6,11,18H,7-10H2,1-3H3,(H,17,21)(H,19,20). The van der Waals surface area contributed by atoms with Crippen molar-refractivity contribution in [2.45, 2.75) is 37.1 Å². The lowest BCUT2D eigenvalue weighted by atomic mass is 10.0. The monoisotopic (exact) mass is 372 g/mol. The summed E-state index contributed by atoms with van der Waals surface area (Å²) in [6.45, 7) is 3.87. The SMILES string of the molecule is COCCNC(=O)c1cccc(S(=O)(=O)NC(C)(C)CCC(=O)O)c1. The molecule has 8 nitrogen and oxygen atoms in total. The number of carbonyl (C=O) groups is 2. The first kappa shape index (κ1) is 21.1. The number of aliphatic carboxylic acids is 1. The highest BCUT2D eigenvalue weighted by Gasteiger charge is 2.27. The van der Waals surface area contributed by atoms with Crippen molar-refractivity contribution >= 4 is 21.9 Å². The van der Waals surface area contributed by atoms with Gasteiger partial charge in [0.2, 0.25) is 10.0 Å². The fraction of sp³-hybridized carbons (Fsp3) is 0.500. The summed E-state index contributed by atoms with van der Waals surface area (Å²) in [5, 5.41) is 11.4. The van der Waals surface area contributed by atoms with Crippen LogP contribution in [0.25, 0.3) is 0 Å². The van der Waals surface area contributed by atoms with Crippen LogP contribution in [0.1, 0.15) is 37.0 Å². The van der Waals surface area contributed by atoms with E-state index in [0.29, 0.717) is 13.2 Å². The molecular weight excluding hydrogens is 348 g/mol. The number of carboxylic acid groups (broad SMARTS) is 1. The molecule has 3 N–H and O–H groups in total. The number of benzene rings is 1. The molecule has 0 aliphatic heterocycles. The first-order chi connectivity index (χ1) is 11.6. The van der Waals surface area contributed by atoms with Crippen molar-refractivity contribution < 1.29 is 27.9 Å². The van der Waals surface area contributed by atoms with Gasteiger partial charge in [-0.1, -0.05) is 6.07 Å². The maximum Gasteiger partial charge on any atom is 0.303 e. The highest BCUT2D eigenvalue weighted by atomic mass is 32.2. The molecule has 0 radical (unpaired) electrons. The third-order valence-electron chi connectivity index (χ3n) is 3.37. The minimum absolute atomic E-state index is 0.0599. The third kappa shape index (κ3) is 7.20. The van der Waals surface area contributed by atoms with E-state index >= 15 is 0 Å². The van der Waals surface area contributed by atoms with Gasteiger partial charge in [-0.05, 0) is 38.5 Å². The minimum Gasteiger partial charge on any atom is -0.481 e. The normalized spacial score (nSPS) is 12.0. The van der Waals surface area contributed by atoms with Crippen LogP contribution in [0.4, 0.5) is 0 Å². The summed E-state index contributed by atoms with van der Waals surface area (Å²) >= 11 is 0. The molecule has 9 heteroatoms. The Morgan fingerprint density at radius 3 is 2.56 bits per heavy atom. The van der Waals surface area contributed by atoms with Gasteiger partial charge in [0, 0.05) is 31.2 Å². The molecule has 0 spiro atoms. The molecule has 0 heterocycles. The lowest BCUT2D eigenvalue weighted by Crippen LogP contribution is -2.43. The number of carboxylic acids is 1. The van der Waals surface area contributed by atoms with Gasteiger partial charge < -0.3 is 15.2 Å². The van der Waals surface area contributed by atoms with Gasteiger partial charge in [0.25, 0.3) is 5.91 Å². The van der Waals surface area contributed by atoms with Gasteiger partial charge in [-0.25, -0.2) is 13.1 Å². The number of ether oxygens (including phenoxy) is 1. The topological polar surface area (TPSA) is 122 Å². The van der Waals surface area contributed by atoms with Crippen molar-refractivity contribution in [1.29, 1.82) is 0 Å². The molecule has 0 saturated carbocycles. The molecule has 1 amide bonds. The van der Waals surface area contributed by atoms with Crippen LogP contribution >= 0.6 is 0 Å². The Hall–Kier alpha value is -1.97. The van der Waals surface area contributed by atoms with E-state index in [1.54, 1.807) is 13.8 Å². The number of nitrogens with one attached hydrogen (secondary N) is 2. The molecule has 1 aromatic rings. The van der Waals surface area contributed by atoms with Crippen LogP contribution in [0.3, 0.4) is 0 Å². The Balaban J connectivity index is 2.89. The maximum atomic E-state index is 12.5. The Bertz CT molecular complexity index is 715. The quantitative estimate of drug-likeness (QED) is 0.527. The van der Waals surface area contributed by atoms with E-state index in [2.05, 4.69) is 10.0 Å². The fourth-order valence-electron chi connectivity index (χ4n) is 2.07. The van der Waals surface area contributed by atoms with Crippen LogP contribution in [-0.4, -0.2) is 51.2 Å². The largest absolute Gasteiger partial charge is 0.481 e. The van der Waals surface area contributed by atoms with Crippen LogP contribution in [0.5, 0.6) is 0 Å². The number of sulfonamides is 1. The lowest BCUT2D eigenvalue weighted by Gasteiger charge is -2.25. The minimum atomic E-state index is -3.89. The van der Waals surface area contributed by atoms with Gasteiger partial charge in [0.15, 0.2) is 0 Å². The molecule has 140 valence electrons. The smallest absolute Gasteiger partial charge is 0.303 e. The van der Waals surface area contributed by atoms with Crippen molar-refractivity contribution in [2.75, 3.05) is 20.3 Å². The van der Waals surface area contributed by atoms with Crippen molar-refractivity contribution in [3.05, 3.63) is 29.8 Å². The number of hydrogen-bond acceptors (Lipinski definition) is 5. The molecule has 0 aliphatic carbocycles. The molecule has 0 saturated heterocycles. The molecule has 25 heavy (non-hydrogen) atoms. The van der Waals surface area contributed by atoms with Gasteiger partial charge >= 0.3 is 5.97 Å². The van der Waals surface area contributed by atoms with Crippen LogP contribution in [-0.2, 0) is 19.6 Å². The first-order valence-electron chi connectivity index (χ1n) is 7.70. The van der Waals surface area contributed by atoms with Crippen molar-refractivity contribution in [3.8, 4) is 0 Å². The van der Waals surface area contributed by atoms with Gasteiger partial charge in [-0.15, -0.1) is 0 Å². The molecule has 0 bridgehead atoms. The average Bonchev–Trinajstić information content (AvgIpc) is 2.52. The molecule has 1 rings (SSSR count). The zero-order valence-electron chi connectivity index (χ0n) is 14.5. The molecule has 0 atom stereocenters. The number of rotatable bonds is 10. The second kappa shape index (κ2) is 8.93. The summed E-state index contributed by atoms with van der Waals surface area (Å²) in [4.78, 5) is 22.6. The second-order valence-electron chi connectivity index (χ2n) is 6.16. The first-order valence-corrected chi connectivity index (χ1v) is 9.19. The van der Waals surface area contributed by atoms with E-state index in [1.165, 1.54) is 31.4 Å². The molecule has 0 fully saturated rings. The maximum absolute atomic E-state index is 12.5. The van der Waals surface area contributed by atoms with Gasteiger partial charge in [-0.3, -0.25) is 9.59 Å². The summed E-state index contributed by atoms with van der Waals surface area (Å²) in [7, 11) is -2.38. The summed E-state index contributed by atoms with van der Waals surface area (Å²) in [5.41, 5.74) is -0.726. The lowest BCUT2D eigenvalue weighted by molar-refractivity contribution is -0.137. The van der Waals surface area contributed by atoms with E-state index < -0.39 is 27.4 Å². The number of methoxy groups -OCH3 is 1. The van der Waals surface area contributed by atoms with Gasteiger partial charge in [-0.2, -0.15) is 0 Å². The summed E-state index contributed by atoms with van der Waals surface area (Å²) in [6.07, 6.45) is -0.0176. The van der Waals surface area contributed by atoms with E-state index in [4.69, 9.17) is 9.84 Å². The summed E-state index contributed by atoms with van der Waals surface area (Å²) < 4.78 is 32.4. The van der Waals surface area contributed by atoms with E-state index in [1.807, 2.05) is 0 Å². The highest BCUT2D eigenvalue weighted by Crippen LogP contribution is 2.18. The Labute approximate surface area is 147 Å². The van der Waals surface area contributed by atoms with Crippen LogP contribution in [0, 0.1) is 0 Å². The zero-order valence-corrected chi connectivity index (χ0v) is 15.4. The molecule has 0 aromatic heterocycles. The number of amides is 1. The number of hydrogen-bond donors (Lipinski definition) is 3. The Morgan fingerprint density at radius 1 is 1.28 bits per heavy atom. The summed E-state index contributed by atoms with van der Waals surface area (Å²) in [6, 6.07) is 5.64.